The molecule has 0 atom stereocenters. The molecular weight excluding hydrogens is 495 g/mol. The number of ether oxygens (including phenoxy) is 1. The molecule has 6 nitrogen and oxygen atoms in total. The number of rotatable bonds is 7. The number of nitrogens with zero attached hydrogens (tertiary/aromatic N) is 3. The van der Waals surface area contributed by atoms with E-state index in [2.05, 4.69) is 20.8 Å². The minimum atomic E-state index is -4.60. The number of nitrogens with one attached hydrogen (secondary N) is 2. The van der Waals surface area contributed by atoms with Gasteiger partial charge < -0.3 is 10.1 Å². The first-order valence-corrected chi connectivity index (χ1v) is 12.5. The van der Waals surface area contributed by atoms with Crippen LogP contribution < -0.4 is 15.5 Å². The molecule has 0 saturated heterocycles. The Labute approximate surface area is 212 Å². The maximum absolute atomic E-state index is 13.2. The molecule has 0 radical (unpaired) electrons. The summed E-state index contributed by atoms with van der Waals surface area (Å²) in [6, 6.07) is 8.60. The van der Waals surface area contributed by atoms with E-state index < -0.39 is 11.9 Å². The Morgan fingerprint density at radius 1 is 1.31 bits per heavy atom. The Morgan fingerprint density at radius 3 is 2.71 bits per heavy atom. The van der Waals surface area contributed by atoms with Crippen molar-refractivity contribution in [2.45, 2.75) is 62.0 Å². The minimum absolute atomic E-state index is 0.0294. The van der Waals surface area contributed by atoms with Crippen molar-refractivity contribution in [3.63, 3.8) is 0 Å². The van der Waals surface area contributed by atoms with Gasteiger partial charge >= 0.3 is 6.18 Å². The number of benzene rings is 1. The number of aromatic nitrogens is 1. The number of thiocarbonyl (C=S) groups is 1. The summed E-state index contributed by atoms with van der Waals surface area (Å²) < 4.78 is 45.1. The van der Waals surface area contributed by atoms with Crippen molar-refractivity contribution in [2.24, 2.45) is 5.10 Å². The molecule has 11 heteroatoms. The van der Waals surface area contributed by atoms with Gasteiger partial charge in [0.15, 0.2) is 5.11 Å². The Bertz CT molecular complexity index is 1130. The van der Waals surface area contributed by atoms with E-state index in [0.717, 1.165) is 41.8 Å². The average Bonchev–Trinajstić information content (AvgIpc) is 2.82. The van der Waals surface area contributed by atoms with E-state index in [0.29, 0.717) is 16.9 Å². The van der Waals surface area contributed by atoms with E-state index in [4.69, 9.17) is 17.0 Å². The Morgan fingerprint density at radius 2 is 2.06 bits per heavy atom. The number of hydrazone groups is 1. The number of halogens is 3. The third-order valence-electron chi connectivity index (χ3n) is 5.57. The molecule has 1 saturated carbocycles. The highest BCUT2D eigenvalue weighted by Gasteiger charge is 2.34. The summed E-state index contributed by atoms with van der Waals surface area (Å²) in [6.45, 7) is 1.47. The fourth-order valence-corrected chi connectivity index (χ4v) is 5.05. The van der Waals surface area contributed by atoms with E-state index in [-0.39, 0.29) is 21.9 Å². The SMILES string of the molecule is COc1ccc(/C=N\NC(=S)NC2CCCCC2)cc1CSc1nc(C(F)(F)F)cc(C)c1C#N. The number of aryl methyl sites for hydroxylation is 1. The number of hydrogen-bond donors (Lipinski definition) is 2. The van der Waals surface area contributed by atoms with Crippen LogP contribution in [0.5, 0.6) is 5.75 Å². The second kappa shape index (κ2) is 12.2. The lowest BCUT2D eigenvalue weighted by atomic mass is 9.96. The summed E-state index contributed by atoms with van der Waals surface area (Å²) in [6.07, 6.45) is 2.86. The molecule has 2 aromatic rings. The zero-order valence-electron chi connectivity index (χ0n) is 19.4. The minimum Gasteiger partial charge on any atom is -0.496 e. The Hall–Kier alpha value is -2.84. The van der Waals surface area contributed by atoms with Gasteiger partial charge in [0.1, 0.15) is 22.5 Å². The molecule has 0 amide bonds. The topological polar surface area (TPSA) is 82.3 Å². The number of thioether (sulfide) groups is 1. The zero-order valence-corrected chi connectivity index (χ0v) is 21.0. The standard InChI is InChI=1S/C24H26F3N5OS2/c1-15-10-21(24(25,26)27)31-22(19(15)12-28)35-14-17-11-16(8-9-20(17)33-2)13-29-32-23(34)30-18-6-4-3-5-7-18/h8-11,13,18H,3-7,14H2,1-2H3,(H2,30,32,34)/b29-13-. The van der Waals surface area contributed by atoms with Gasteiger partial charge in [-0.05, 0) is 67.4 Å². The van der Waals surface area contributed by atoms with Gasteiger partial charge in [-0.1, -0.05) is 19.3 Å². The van der Waals surface area contributed by atoms with Gasteiger partial charge in [0, 0.05) is 17.4 Å². The second-order valence-electron chi connectivity index (χ2n) is 8.15. The molecule has 0 aliphatic heterocycles. The maximum atomic E-state index is 13.2. The maximum Gasteiger partial charge on any atom is 0.433 e. The number of methoxy groups -OCH3 is 1. The molecule has 1 heterocycles. The first-order valence-electron chi connectivity index (χ1n) is 11.1. The van der Waals surface area contributed by atoms with Crippen LogP contribution in [0, 0.1) is 18.3 Å². The van der Waals surface area contributed by atoms with Crippen LogP contribution in [0.15, 0.2) is 34.4 Å². The van der Waals surface area contributed by atoms with Gasteiger partial charge in [-0.2, -0.15) is 23.5 Å². The summed E-state index contributed by atoms with van der Waals surface area (Å²) >= 11 is 6.36. The normalized spacial score (nSPS) is 14.5. The fourth-order valence-electron chi connectivity index (χ4n) is 3.80. The van der Waals surface area contributed by atoms with Crippen LogP contribution in [-0.4, -0.2) is 29.5 Å². The van der Waals surface area contributed by atoms with Gasteiger partial charge in [-0.15, -0.1) is 11.8 Å². The van der Waals surface area contributed by atoms with Crippen LogP contribution in [0.25, 0.3) is 0 Å². The van der Waals surface area contributed by atoms with E-state index in [1.807, 2.05) is 18.2 Å². The van der Waals surface area contributed by atoms with E-state index in [1.165, 1.54) is 33.3 Å². The first kappa shape index (κ1) is 26.8. The van der Waals surface area contributed by atoms with Crippen LogP contribution in [-0.2, 0) is 11.9 Å². The molecule has 2 N–H and O–H groups in total. The summed E-state index contributed by atoms with van der Waals surface area (Å²) in [7, 11) is 1.52. The third-order valence-corrected chi connectivity index (χ3v) is 6.81. The highest BCUT2D eigenvalue weighted by atomic mass is 32.2. The predicted octanol–water partition coefficient (Wildman–Crippen LogP) is 5.71. The summed E-state index contributed by atoms with van der Waals surface area (Å²) in [5.41, 5.74) is 3.64. The van der Waals surface area contributed by atoms with Crippen molar-refractivity contribution in [3.8, 4) is 11.8 Å². The van der Waals surface area contributed by atoms with Crippen molar-refractivity contribution in [1.82, 2.24) is 15.7 Å². The van der Waals surface area contributed by atoms with Crippen LogP contribution in [0.2, 0.25) is 0 Å². The van der Waals surface area contributed by atoms with E-state index in [1.54, 1.807) is 12.3 Å². The van der Waals surface area contributed by atoms with Crippen LogP contribution in [0.1, 0.15) is 60.1 Å². The second-order valence-corrected chi connectivity index (χ2v) is 9.52. The molecule has 1 aromatic heterocycles. The van der Waals surface area contributed by atoms with Crippen LogP contribution in [0.3, 0.4) is 0 Å². The monoisotopic (exact) mass is 521 g/mol. The van der Waals surface area contributed by atoms with E-state index in [9.17, 15) is 18.4 Å². The number of nitriles is 1. The van der Waals surface area contributed by atoms with Gasteiger partial charge in [-0.25, -0.2) is 4.98 Å². The van der Waals surface area contributed by atoms with Crippen LogP contribution >= 0.6 is 24.0 Å². The van der Waals surface area contributed by atoms with Crippen molar-refractivity contribution in [1.29, 1.82) is 5.26 Å². The smallest absolute Gasteiger partial charge is 0.433 e. The van der Waals surface area contributed by atoms with Gasteiger partial charge in [-0.3, -0.25) is 5.43 Å². The van der Waals surface area contributed by atoms with Crippen molar-refractivity contribution in [2.75, 3.05) is 7.11 Å². The Kier molecular flexibility index (Phi) is 9.34. The molecule has 1 aliphatic rings. The molecule has 1 fully saturated rings. The molecule has 1 aliphatic carbocycles. The largest absolute Gasteiger partial charge is 0.496 e. The number of pyridine rings is 1. The van der Waals surface area contributed by atoms with Gasteiger partial charge in [0.05, 0.1) is 18.9 Å². The third kappa shape index (κ3) is 7.57. The lowest BCUT2D eigenvalue weighted by molar-refractivity contribution is -0.141. The van der Waals surface area contributed by atoms with Crippen LogP contribution in [0.4, 0.5) is 13.2 Å². The molecule has 3 rings (SSSR count). The predicted molar refractivity (Wildman–Crippen MR) is 135 cm³/mol. The molecule has 35 heavy (non-hydrogen) atoms. The molecular formula is C24H26F3N5OS2. The zero-order chi connectivity index (χ0) is 25.4. The molecule has 0 spiro atoms. The van der Waals surface area contributed by atoms with E-state index >= 15 is 0 Å². The molecule has 0 unspecified atom stereocenters. The lowest BCUT2D eigenvalue weighted by Crippen LogP contribution is -2.40. The molecule has 1 aromatic carbocycles. The molecule has 186 valence electrons. The fraction of sp³-hybridized carbons (Fsp3) is 0.417. The quantitative estimate of drug-likeness (QED) is 0.209. The van der Waals surface area contributed by atoms with Gasteiger partial charge in [0.25, 0.3) is 0 Å². The summed E-state index contributed by atoms with van der Waals surface area (Å²) in [5.74, 6) is 0.821. The highest BCUT2D eigenvalue weighted by Crippen LogP contribution is 2.35. The summed E-state index contributed by atoms with van der Waals surface area (Å²) in [5, 5.41) is 17.4. The first-order chi connectivity index (χ1) is 16.7. The van der Waals surface area contributed by atoms with Crippen molar-refractivity contribution in [3.05, 3.63) is 52.2 Å². The number of hydrogen-bond acceptors (Lipinski definition) is 6. The summed E-state index contributed by atoms with van der Waals surface area (Å²) in [4.78, 5) is 3.70. The van der Waals surface area contributed by atoms with Crippen molar-refractivity contribution < 1.29 is 17.9 Å². The van der Waals surface area contributed by atoms with Gasteiger partial charge in [0.2, 0.25) is 0 Å². The van der Waals surface area contributed by atoms with Crippen molar-refractivity contribution >= 4 is 35.3 Å². The Balaban J connectivity index is 1.70. The number of alkyl halides is 3. The molecule has 0 bridgehead atoms. The lowest BCUT2D eigenvalue weighted by Gasteiger charge is -2.23. The highest BCUT2D eigenvalue weighted by molar-refractivity contribution is 7.98. The average molecular weight is 522 g/mol.